The Morgan fingerprint density at radius 3 is 2.50 bits per heavy atom. The minimum Gasteiger partial charge on any atom is -0.438 e. The van der Waals surface area contributed by atoms with Gasteiger partial charge in [-0.15, -0.1) is 5.10 Å². The van der Waals surface area contributed by atoms with Gasteiger partial charge in [0.1, 0.15) is 5.75 Å². The molecule has 126 valence electrons. The van der Waals surface area contributed by atoms with Crippen LogP contribution in [0.25, 0.3) is 0 Å². The number of hydrogen-bond donors (Lipinski definition) is 2. The topological polar surface area (TPSA) is 76.1 Å². The molecule has 0 atom stereocenters. The first-order chi connectivity index (χ1) is 11.6. The van der Waals surface area contributed by atoms with Gasteiger partial charge in [0, 0.05) is 18.3 Å². The molecule has 2 N–H and O–H groups in total. The van der Waals surface area contributed by atoms with Crippen LogP contribution in [0.3, 0.4) is 0 Å². The molecule has 3 rings (SSSR count). The van der Waals surface area contributed by atoms with Crippen LogP contribution in [0.1, 0.15) is 31.9 Å². The van der Waals surface area contributed by atoms with Gasteiger partial charge in [0.05, 0.1) is 5.69 Å². The van der Waals surface area contributed by atoms with Gasteiger partial charge in [-0.25, -0.2) is 4.79 Å². The molecule has 1 aliphatic rings. The zero-order chi connectivity index (χ0) is 17.0. The van der Waals surface area contributed by atoms with Gasteiger partial charge in [0.15, 0.2) is 0 Å². The largest absolute Gasteiger partial charge is 0.438 e. The van der Waals surface area contributed by atoms with Crippen molar-refractivity contribution >= 4 is 11.7 Å². The predicted molar refractivity (Wildman–Crippen MR) is 92.3 cm³/mol. The number of carbonyl (C=O) groups excluding carboxylic acids is 1. The maximum absolute atomic E-state index is 11.9. The number of nitrogens with zero attached hydrogens (tertiary/aromatic N) is 2. The average molecular weight is 326 g/mol. The fraction of sp³-hybridized carbons (Fsp3) is 0.389. The number of aryl methyl sites for hydroxylation is 1. The van der Waals surface area contributed by atoms with Crippen molar-refractivity contribution in [2.45, 2.75) is 33.1 Å². The van der Waals surface area contributed by atoms with Crippen molar-refractivity contribution < 1.29 is 9.53 Å². The maximum atomic E-state index is 11.9. The van der Waals surface area contributed by atoms with Gasteiger partial charge >= 0.3 is 6.03 Å². The maximum Gasteiger partial charge on any atom is 0.319 e. The van der Waals surface area contributed by atoms with Gasteiger partial charge in [-0.1, -0.05) is 6.92 Å². The zero-order valence-corrected chi connectivity index (χ0v) is 14.0. The molecule has 0 spiro atoms. The third-order valence-electron chi connectivity index (χ3n) is 4.44. The second-order valence-electron chi connectivity index (χ2n) is 6.30. The monoisotopic (exact) mass is 326 g/mol. The average Bonchev–Trinajstić information content (AvgIpc) is 3.38. The molecule has 1 heterocycles. The van der Waals surface area contributed by atoms with Gasteiger partial charge < -0.3 is 15.4 Å². The molecule has 0 aliphatic heterocycles. The summed E-state index contributed by atoms with van der Waals surface area (Å²) in [5.74, 6) is 1.08. The van der Waals surface area contributed by atoms with E-state index in [1.807, 2.05) is 13.0 Å². The third kappa shape index (κ3) is 4.22. The van der Waals surface area contributed by atoms with Crippen LogP contribution in [0.2, 0.25) is 0 Å². The number of urea groups is 1. The van der Waals surface area contributed by atoms with Crippen LogP contribution < -0.4 is 15.4 Å². The lowest BCUT2D eigenvalue weighted by molar-refractivity contribution is 0.249. The number of aromatic nitrogens is 2. The van der Waals surface area contributed by atoms with Gasteiger partial charge in [-0.2, -0.15) is 5.10 Å². The first-order valence-corrected chi connectivity index (χ1v) is 8.22. The minimum atomic E-state index is -0.173. The number of ether oxygens (including phenoxy) is 1. The van der Waals surface area contributed by atoms with E-state index in [0.717, 1.165) is 24.3 Å². The third-order valence-corrected chi connectivity index (χ3v) is 4.44. The molecule has 24 heavy (non-hydrogen) atoms. The number of amides is 2. The van der Waals surface area contributed by atoms with E-state index in [-0.39, 0.29) is 6.03 Å². The lowest BCUT2D eigenvalue weighted by atomic mass is 10.0. The highest BCUT2D eigenvalue weighted by Crippen LogP contribution is 2.47. The summed E-state index contributed by atoms with van der Waals surface area (Å²) in [6, 6.07) is 10.6. The summed E-state index contributed by atoms with van der Waals surface area (Å²) in [6.45, 7) is 4.78. The zero-order valence-electron chi connectivity index (χ0n) is 14.0. The predicted octanol–water partition coefficient (Wildman–Crippen LogP) is 3.89. The molecule has 1 fully saturated rings. The Kier molecular flexibility index (Phi) is 4.64. The van der Waals surface area contributed by atoms with E-state index >= 15 is 0 Å². The molecule has 6 nitrogen and oxygen atoms in total. The fourth-order valence-electron chi connectivity index (χ4n) is 2.44. The summed E-state index contributed by atoms with van der Waals surface area (Å²) < 4.78 is 5.61. The highest BCUT2D eigenvalue weighted by atomic mass is 16.5. The summed E-state index contributed by atoms with van der Waals surface area (Å²) in [4.78, 5) is 11.9. The van der Waals surface area contributed by atoms with Crippen molar-refractivity contribution in [2.24, 2.45) is 5.41 Å². The van der Waals surface area contributed by atoms with Crippen LogP contribution in [0.5, 0.6) is 11.6 Å². The van der Waals surface area contributed by atoms with E-state index in [1.165, 1.54) is 12.8 Å². The van der Waals surface area contributed by atoms with Crippen LogP contribution in [0.15, 0.2) is 36.4 Å². The van der Waals surface area contributed by atoms with E-state index in [2.05, 4.69) is 27.8 Å². The summed E-state index contributed by atoms with van der Waals surface area (Å²) in [7, 11) is 0. The molecule has 1 aromatic carbocycles. The molecule has 1 aromatic heterocycles. The van der Waals surface area contributed by atoms with Crippen molar-refractivity contribution in [1.29, 1.82) is 0 Å². The van der Waals surface area contributed by atoms with E-state index in [4.69, 9.17) is 4.74 Å². The van der Waals surface area contributed by atoms with Gasteiger partial charge in [0.25, 0.3) is 0 Å². The Balaban J connectivity index is 1.50. The molecular formula is C18H22N4O2. The van der Waals surface area contributed by atoms with Gasteiger partial charge in [-0.05, 0) is 61.9 Å². The summed E-state index contributed by atoms with van der Waals surface area (Å²) in [5, 5.41) is 13.7. The Hall–Kier alpha value is -2.63. The number of anilines is 1. The SMILES string of the molecule is CCC1(CNC(=O)Nc2ccc(Oc3ccc(C)nn3)cc2)CC1. The molecule has 0 saturated heterocycles. The molecular weight excluding hydrogens is 304 g/mol. The molecule has 0 unspecified atom stereocenters. The molecule has 2 aromatic rings. The van der Waals surface area contributed by atoms with E-state index in [0.29, 0.717) is 17.0 Å². The number of hydrogen-bond acceptors (Lipinski definition) is 4. The van der Waals surface area contributed by atoms with Gasteiger partial charge in [-0.3, -0.25) is 0 Å². The summed E-state index contributed by atoms with van der Waals surface area (Å²) in [6.07, 6.45) is 3.52. The molecule has 6 heteroatoms. The summed E-state index contributed by atoms with van der Waals surface area (Å²) in [5.41, 5.74) is 1.89. The van der Waals surface area contributed by atoms with Crippen molar-refractivity contribution in [3.05, 3.63) is 42.1 Å². The van der Waals surface area contributed by atoms with Gasteiger partial charge in [0.2, 0.25) is 5.88 Å². The van der Waals surface area contributed by atoms with E-state index < -0.39 is 0 Å². The lowest BCUT2D eigenvalue weighted by Gasteiger charge is -2.14. The first kappa shape index (κ1) is 16.2. The van der Waals surface area contributed by atoms with Crippen LogP contribution in [-0.2, 0) is 0 Å². The Morgan fingerprint density at radius 1 is 1.17 bits per heavy atom. The van der Waals surface area contributed by atoms with Crippen LogP contribution in [-0.4, -0.2) is 22.8 Å². The quantitative estimate of drug-likeness (QED) is 0.844. The van der Waals surface area contributed by atoms with Crippen molar-refractivity contribution in [3.8, 4) is 11.6 Å². The van der Waals surface area contributed by atoms with Crippen LogP contribution >= 0.6 is 0 Å². The molecule has 0 radical (unpaired) electrons. The normalized spacial score (nSPS) is 14.8. The summed E-state index contributed by atoms with van der Waals surface area (Å²) >= 11 is 0. The Morgan fingerprint density at radius 2 is 1.92 bits per heavy atom. The highest BCUT2D eigenvalue weighted by Gasteiger charge is 2.40. The Labute approximate surface area is 141 Å². The number of nitrogens with one attached hydrogen (secondary N) is 2. The smallest absolute Gasteiger partial charge is 0.319 e. The number of rotatable bonds is 6. The highest BCUT2D eigenvalue weighted by molar-refractivity contribution is 5.89. The number of benzene rings is 1. The lowest BCUT2D eigenvalue weighted by Crippen LogP contribution is -2.33. The van der Waals surface area contributed by atoms with Crippen molar-refractivity contribution in [3.63, 3.8) is 0 Å². The van der Waals surface area contributed by atoms with Crippen LogP contribution in [0, 0.1) is 12.3 Å². The second kappa shape index (κ2) is 6.86. The first-order valence-electron chi connectivity index (χ1n) is 8.22. The van der Waals surface area contributed by atoms with Crippen LogP contribution in [0.4, 0.5) is 10.5 Å². The Bertz CT molecular complexity index is 694. The van der Waals surface area contributed by atoms with E-state index in [9.17, 15) is 4.79 Å². The molecule has 1 aliphatic carbocycles. The van der Waals surface area contributed by atoms with Crippen molar-refractivity contribution in [2.75, 3.05) is 11.9 Å². The standard InChI is InChI=1S/C18H22N4O2/c1-3-18(10-11-18)12-19-17(23)20-14-5-7-15(8-6-14)24-16-9-4-13(2)21-22-16/h4-9H,3,10-12H2,1-2H3,(H2,19,20,23). The molecule has 2 amide bonds. The molecule has 1 saturated carbocycles. The second-order valence-corrected chi connectivity index (χ2v) is 6.30. The van der Waals surface area contributed by atoms with Crippen molar-refractivity contribution in [1.82, 2.24) is 15.5 Å². The fourth-order valence-corrected chi connectivity index (χ4v) is 2.44. The van der Waals surface area contributed by atoms with E-state index in [1.54, 1.807) is 30.3 Å². The molecule has 0 bridgehead atoms. The number of carbonyl (C=O) groups is 1. The minimum absolute atomic E-state index is 0.173.